The number of nitrogens with one attached hydrogen (secondary N) is 3. The molecule has 0 radical (unpaired) electrons. The van der Waals surface area contributed by atoms with Gasteiger partial charge >= 0.3 is 0 Å². The van der Waals surface area contributed by atoms with Crippen molar-refractivity contribution in [3.05, 3.63) is 30.3 Å². The maximum Gasteiger partial charge on any atom is 0.248 e. The van der Waals surface area contributed by atoms with Crippen LogP contribution < -0.4 is 16.0 Å². The second kappa shape index (κ2) is 12.6. The molecular weight excluding hydrogens is 488 g/mol. The quantitative estimate of drug-likeness (QED) is 0.457. The zero-order chi connectivity index (χ0) is 27.2. The van der Waals surface area contributed by atoms with Crippen LogP contribution in [-0.2, 0) is 14.4 Å². The second-order valence-electron chi connectivity index (χ2n) is 10.9. The summed E-state index contributed by atoms with van der Waals surface area (Å²) in [6, 6.07) is 7.64. The molecule has 3 atom stereocenters. The third-order valence-electron chi connectivity index (χ3n) is 7.09. The summed E-state index contributed by atoms with van der Waals surface area (Å²) in [7, 11) is 3.37. The van der Waals surface area contributed by atoms with Gasteiger partial charge in [0.15, 0.2) is 0 Å². The highest BCUT2D eigenvalue weighted by atomic mass is 32.1. The summed E-state index contributed by atoms with van der Waals surface area (Å²) in [5, 5.41) is 13.7. The summed E-state index contributed by atoms with van der Waals surface area (Å²) in [5.41, 5.74) is 0.870. The van der Waals surface area contributed by atoms with Crippen LogP contribution in [0.1, 0.15) is 59.8 Å². The van der Waals surface area contributed by atoms with Gasteiger partial charge in [-0.3, -0.25) is 14.4 Å². The molecule has 2 aromatic rings. The van der Waals surface area contributed by atoms with Crippen molar-refractivity contribution in [2.45, 2.75) is 77.9 Å². The topological polar surface area (TPSA) is 116 Å². The Morgan fingerprint density at radius 3 is 2.30 bits per heavy atom. The van der Waals surface area contributed by atoms with Gasteiger partial charge in [0.2, 0.25) is 17.7 Å². The lowest BCUT2D eigenvalue weighted by molar-refractivity contribution is -0.145. The van der Waals surface area contributed by atoms with E-state index in [1.807, 2.05) is 51.1 Å². The molecule has 9 nitrogen and oxygen atoms in total. The number of hydrogen-bond acceptors (Lipinski definition) is 7. The molecule has 1 saturated carbocycles. The summed E-state index contributed by atoms with van der Waals surface area (Å²) in [6.45, 7) is 7.56. The van der Waals surface area contributed by atoms with Crippen LogP contribution in [0.2, 0.25) is 0 Å². The van der Waals surface area contributed by atoms with Gasteiger partial charge in [-0.25, -0.2) is 0 Å². The van der Waals surface area contributed by atoms with Crippen molar-refractivity contribution in [2.24, 2.45) is 11.3 Å². The summed E-state index contributed by atoms with van der Waals surface area (Å²) >= 11 is 1.10. The van der Waals surface area contributed by atoms with E-state index >= 15 is 0 Å². The predicted molar refractivity (Wildman–Crippen MR) is 147 cm³/mol. The van der Waals surface area contributed by atoms with Gasteiger partial charge in [-0.1, -0.05) is 74.9 Å². The average Bonchev–Trinajstić information content (AvgIpc) is 3.34. The lowest BCUT2D eigenvalue weighted by Gasteiger charge is -2.40. The van der Waals surface area contributed by atoms with Crippen molar-refractivity contribution < 1.29 is 14.4 Å². The van der Waals surface area contributed by atoms with Crippen LogP contribution in [0.4, 0.5) is 5.00 Å². The lowest BCUT2D eigenvalue weighted by atomic mass is 9.81. The Hall–Kier alpha value is -2.85. The molecule has 3 amide bonds. The monoisotopic (exact) mass is 528 g/mol. The summed E-state index contributed by atoms with van der Waals surface area (Å²) in [5.74, 6) is -0.746. The summed E-state index contributed by atoms with van der Waals surface area (Å²) < 4.78 is 4.04. The highest BCUT2D eigenvalue weighted by Gasteiger charge is 2.42. The largest absolute Gasteiger partial charge is 0.343 e. The molecule has 0 saturated heterocycles. The number of benzene rings is 1. The van der Waals surface area contributed by atoms with Crippen molar-refractivity contribution in [1.82, 2.24) is 25.1 Å². The van der Waals surface area contributed by atoms with Gasteiger partial charge in [-0.15, -0.1) is 5.10 Å². The first kappa shape index (κ1) is 28.7. The lowest BCUT2D eigenvalue weighted by Crippen LogP contribution is -2.60. The first-order valence-electron chi connectivity index (χ1n) is 13.0. The Balaban J connectivity index is 1.86. The molecule has 0 unspecified atom stereocenters. The summed E-state index contributed by atoms with van der Waals surface area (Å²) in [4.78, 5) is 42.0. The number of aromatic nitrogens is 2. The normalized spacial score (nSPS) is 16.9. The van der Waals surface area contributed by atoms with Gasteiger partial charge in [-0.05, 0) is 38.1 Å². The molecule has 0 bridgehead atoms. The first-order chi connectivity index (χ1) is 17.5. The van der Waals surface area contributed by atoms with Crippen LogP contribution in [0, 0.1) is 11.3 Å². The second-order valence-corrected chi connectivity index (χ2v) is 11.7. The summed E-state index contributed by atoms with van der Waals surface area (Å²) in [6.07, 6.45) is 4.93. The SMILES string of the molecule is CN[C@H](C)C(=O)N[C@@H](C(=O)N(C)[C@H](C(=O)Nc1snnc1-c1ccccc1)C(C)(C)C)C1CCCCC1. The Morgan fingerprint density at radius 2 is 1.70 bits per heavy atom. The smallest absolute Gasteiger partial charge is 0.248 e. The van der Waals surface area contributed by atoms with Crippen molar-refractivity contribution in [1.29, 1.82) is 0 Å². The third kappa shape index (κ3) is 7.13. The molecule has 37 heavy (non-hydrogen) atoms. The van der Waals surface area contributed by atoms with Crippen LogP contribution in [-0.4, -0.2) is 64.4 Å². The fourth-order valence-corrected chi connectivity index (χ4v) is 5.59. The van der Waals surface area contributed by atoms with Gasteiger partial charge in [-0.2, -0.15) is 0 Å². The minimum atomic E-state index is -0.782. The van der Waals surface area contributed by atoms with E-state index in [9.17, 15) is 14.4 Å². The Bertz CT molecular complexity index is 1060. The number of amides is 3. The molecule has 1 aromatic carbocycles. The number of rotatable bonds is 9. The average molecular weight is 529 g/mol. The molecule has 1 aromatic heterocycles. The molecule has 1 aliphatic carbocycles. The molecule has 202 valence electrons. The number of likely N-dealkylation sites (N-methyl/N-ethyl adjacent to an activating group) is 2. The first-order valence-corrected chi connectivity index (χ1v) is 13.7. The standard InChI is InChI=1S/C27H40N6O3S/c1-17(28-5)23(34)29-21(19-15-11-8-12-16-19)26(36)33(6)22(27(2,3)4)24(35)30-25-20(31-32-37-25)18-13-9-7-10-14-18/h7,9-10,13-14,17,19,21-22,28H,8,11-12,15-16H2,1-6H3,(H,29,34)(H,30,35)/t17-,21-,22-/m1/s1. The fraction of sp³-hybridized carbons (Fsp3) is 0.593. The van der Waals surface area contributed by atoms with Gasteiger partial charge in [0.05, 0.1) is 6.04 Å². The molecular formula is C27H40N6O3S. The highest BCUT2D eigenvalue weighted by molar-refractivity contribution is 7.10. The zero-order valence-corrected chi connectivity index (χ0v) is 23.5. The van der Waals surface area contributed by atoms with Crippen LogP contribution in [0.3, 0.4) is 0 Å². The van der Waals surface area contributed by atoms with E-state index in [2.05, 4.69) is 25.5 Å². The molecule has 1 heterocycles. The molecule has 0 aliphatic heterocycles. The van der Waals surface area contributed by atoms with E-state index in [0.717, 1.165) is 49.2 Å². The highest BCUT2D eigenvalue weighted by Crippen LogP contribution is 2.33. The third-order valence-corrected chi connectivity index (χ3v) is 7.73. The van der Waals surface area contributed by atoms with E-state index in [4.69, 9.17) is 0 Å². The van der Waals surface area contributed by atoms with Gasteiger partial charge < -0.3 is 20.9 Å². The van der Waals surface area contributed by atoms with Crippen molar-refractivity contribution in [3.63, 3.8) is 0 Å². The number of carbonyl (C=O) groups is 3. The predicted octanol–water partition coefficient (Wildman–Crippen LogP) is 3.69. The van der Waals surface area contributed by atoms with E-state index < -0.39 is 23.5 Å². The Morgan fingerprint density at radius 1 is 1.05 bits per heavy atom. The molecule has 3 rings (SSSR count). The maximum atomic E-state index is 14.0. The number of carbonyl (C=O) groups excluding carboxylic acids is 3. The fourth-order valence-electron chi connectivity index (χ4n) is 4.99. The van der Waals surface area contributed by atoms with Crippen molar-refractivity contribution >= 4 is 34.3 Å². The Labute approximate surface area is 223 Å². The van der Waals surface area contributed by atoms with Crippen LogP contribution in [0.15, 0.2) is 30.3 Å². The van der Waals surface area contributed by atoms with Gasteiger partial charge in [0, 0.05) is 24.1 Å². The van der Waals surface area contributed by atoms with E-state index in [-0.39, 0.29) is 23.6 Å². The van der Waals surface area contributed by atoms with Crippen molar-refractivity contribution in [2.75, 3.05) is 19.4 Å². The number of nitrogens with zero attached hydrogens (tertiary/aromatic N) is 3. The molecule has 1 fully saturated rings. The minimum absolute atomic E-state index is 0.0377. The molecule has 0 spiro atoms. The van der Waals surface area contributed by atoms with Crippen molar-refractivity contribution in [3.8, 4) is 11.3 Å². The number of anilines is 1. The molecule has 3 N–H and O–H groups in total. The maximum absolute atomic E-state index is 14.0. The van der Waals surface area contributed by atoms with Crippen LogP contribution >= 0.6 is 11.5 Å². The van der Waals surface area contributed by atoms with E-state index in [1.54, 1.807) is 21.0 Å². The van der Waals surface area contributed by atoms with Crippen LogP contribution in [0.5, 0.6) is 0 Å². The molecule has 1 aliphatic rings. The number of hydrogen-bond donors (Lipinski definition) is 3. The van der Waals surface area contributed by atoms with E-state index in [1.165, 1.54) is 4.90 Å². The van der Waals surface area contributed by atoms with Crippen LogP contribution in [0.25, 0.3) is 11.3 Å². The molecule has 10 heteroatoms. The van der Waals surface area contributed by atoms with E-state index in [0.29, 0.717) is 10.7 Å². The zero-order valence-electron chi connectivity index (χ0n) is 22.7. The van der Waals surface area contributed by atoms with Gasteiger partial charge in [0.25, 0.3) is 0 Å². The minimum Gasteiger partial charge on any atom is -0.343 e. The Kier molecular flexibility index (Phi) is 9.78. The van der Waals surface area contributed by atoms with Gasteiger partial charge in [0.1, 0.15) is 22.8 Å².